The number of carbonyl (C=O) groups is 1. The first kappa shape index (κ1) is 19.6. The number of nitrogens with one attached hydrogen (secondary N) is 1. The maximum Gasteiger partial charge on any atom is 0.224 e. The second kappa shape index (κ2) is 8.67. The van der Waals surface area contributed by atoms with Gasteiger partial charge in [0.05, 0.1) is 10.8 Å². The Morgan fingerprint density at radius 3 is 2.44 bits per heavy atom. The summed E-state index contributed by atoms with van der Waals surface area (Å²) in [6.07, 6.45) is 3.12. The lowest BCUT2D eigenvalue weighted by atomic mass is 9.96. The predicted molar refractivity (Wildman–Crippen MR) is 106 cm³/mol. The molecule has 3 rings (SSSR count). The number of piperidine rings is 1. The Kier molecular flexibility index (Phi) is 6.29. The third-order valence-electron chi connectivity index (χ3n) is 4.94. The Morgan fingerprint density at radius 1 is 1.07 bits per heavy atom. The molecule has 1 heterocycles. The molecule has 1 N–H and O–H groups in total. The normalized spacial score (nSPS) is 18.2. The second-order valence-electron chi connectivity index (χ2n) is 7.19. The molecule has 1 aliphatic heterocycles. The molecule has 2 aromatic carbocycles. The molecular formula is C21H26N2O3S. The lowest BCUT2D eigenvalue weighted by Gasteiger charge is -2.32. The van der Waals surface area contributed by atoms with E-state index in [9.17, 15) is 13.2 Å². The molecular weight excluding hydrogens is 360 g/mol. The van der Waals surface area contributed by atoms with Gasteiger partial charge in [-0.15, -0.1) is 0 Å². The van der Waals surface area contributed by atoms with Gasteiger partial charge in [-0.2, -0.15) is 0 Å². The molecule has 2 aromatic rings. The minimum Gasteiger partial charge on any atom is -0.352 e. The van der Waals surface area contributed by atoms with Crippen LogP contribution >= 0.6 is 0 Å². The van der Waals surface area contributed by atoms with Crippen molar-refractivity contribution in [1.29, 1.82) is 0 Å². The van der Waals surface area contributed by atoms with Gasteiger partial charge in [0.25, 0.3) is 0 Å². The number of carbonyl (C=O) groups excluding carboxylic acids is 1. The van der Waals surface area contributed by atoms with Crippen LogP contribution < -0.4 is 5.32 Å². The van der Waals surface area contributed by atoms with Crippen LogP contribution in [0.15, 0.2) is 59.5 Å². The molecule has 27 heavy (non-hydrogen) atoms. The SMILES string of the molecule is CS(=O)(=O)c1ccc(CNC(=O)C2CCCN(Cc3ccccc3)C2)cc1. The standard InChI is InChI=1S/C21H26N2O3S/c1-27(25,26)20-11-9-17(10-12-20)14-22-21(24)19-8-5-13-23(16-19)15-18-6-3-2-4-7-18/h2-4,6-7,9-12,19H,5,8,13-16H2,1H3,(H,22,24). The van der Waals surface area contributed by atoms with Crippen LogP contribution in [-0.4, -0.2) is 38.6 Å². The third kappa shape index (κ3) is 5.65. The van der Waals surface area contributed by atoms with E-state index in [1.807, 2.05) is 18.2 Å². The maximum absolute atomic E-state index is 12.6. The number of hydrogen-bond acceptors (Lipinski definition) is 4. The Balaban J connectivity index is 1.51. The van der Waals surface area contributed by atoms with Gasteiger partial charge in [0, 0.05) is 25.9 Å². The van der Waals surface area contributed by atoms with Crippen LogP contribution in [0.5, 0.6) is 0 Å². The van der Waals surface area contributed by atoms with E-state index >= 15 is 0 Å². The third-order valence-corrected chi connectivity index (χ3v) is 6.07. The minimum absolute atomic E-state index is 0.00208. The molecule has 144 valence electrons. The Morgan fingerprint density at radius 2 is 1.78 bits per heavy atom. The van der Waals surface area contributed by atoms with Crippen molar-refractivity contribution in [3.8, 4) is 0 Å². The number of nitrogens with zero attached hydrogens (tertiary/aromatic N) is 1. The van der Waals surface area contributed by atoms with Gasteiger partial charge in [-0.3, -0.25) is 9.69 Å². The van der Waals surface area contributed by atoms with Gasteiger partial charge in [0.2, 0.25) is 5.91 Å². The molecule has 0 aromatic heterocycles. The molecule has 1 aliphatic rings. The molecule has 1 unspecified atom stereocenters. The van der Waals surface area contributed by atoms with Gasteiger partial charge >= 0.3 is 0 Å². The molecule has 0 radical (unpaired) electrons. The van der Waals surface area contributed by atoms with E-state index in [-0.39, 0.29) is 11.8 Å². The summed E-state index contributed by atoms with van der Waals surface area (Å²) < 4.78 is 23.0. The van der Waals surface area contributed by atoms with Crippen molar-refractivity contribution in [3.63, 3.8) is 0 Å². The zero-order chi connectivity index (χ0) is 19.3. The molecule has 1 saturated heterocycles. The summed E-state index contributed by atoms with van der Waals surface area (Å²) >= 11 is 0. The molecule has 0 bridgehead atoms. The van der Waals surface area contributed by atoms with Crippen molar-refractivity contribution in [3.05, 3.63) is 65.7 Å². The number of hydrogen-bond donors (Lipinski definition) is 1. The monoisotopic (exact) mass is 386 g/mol. The lowest BCUT2D eigenvalue weighted by molar-refractivity contribution is -0.126. The first-order valence-corrected chi connectivity index (χ1v) is 11.1. The minimum atomic E-state index is -3.19. The Bertz CT molecular complexity index is 864. The van der Waals surface area contributed by atoms with Crippen molar-refractivity contribution < 1.29 is 13.2 Å². The molecule has 5 nitrogen and oxygen atoms in total. The quantitative estimate of drug-likeness (QED) is 0.829. The predicted octanol–water partition coefficient (Wildman–Crippen LogP) is 2.62. The molecule has 1 amide bonds. The van der Waals surface area contributed by atoms with Crippen molar-refractivity contribution in [2.75, 3.05) is 19.3 Å². The highest BCUT2D eigenvalue weighted by atomic mass is 32.2. The van der Waals surface area contributed by atoms with Crippen molar-refractivity contribution in [2.24, 2.45) is 5.92 Å². The summed E-state index contributed by atoms with van der Waals surface area (Å²) in [6.45, 7) is 3.08. The molecule has 6 heteroatoms. The fraction of sp³-hybridized carbons (Fsp3) is 0.381. The topological polar surface area (TPSA) is 66.5 Å². The zero-order valence-electron chi connectivity index (χ0n) is 15.6. The summed E-state index contributed by atoms with van der Waals surface area (Å²) in [6, 6.07) is 17.0. The van der Waals surface area contributed by atoms with E-state index in [0.717, 1.165) is 38.0 Å². The van der Waals surface area contributed by atoms with E-state index < -0.39 is 9.84 Å². The van der Waals surface area contributed by atoms with Gasteiger partial charge in [-0.05, 0) is 42.6 Å². The van der Waals surface area contributed by atoms with Crippen molar-refractivity contribution in [1.82, 2.24) is 10.2 Å². The van der Waals surface area contributed by atoms with E-state index in [0.29, 0.717) is 11.4 Å². The van der Waals surface area contributed by atoms with Gasteiger partial charge in [-0.25, -0.2) is 8.42 Å². The molecule has 1 atom stereocenters. The number of rotatable bonds is 6. The number of sulfone groups is 1. The van der Waals surface area contributed by atoms with Crippen molar-refractivity contribution in [2.45, 2.75) is 30.8 Å². The average molecular weight is 387 g/mol. The fourth-order valence-corrected chi connectivity index (χ4v) is 4.07. The van der Waals surface area contributed by atoms with Crippen LogP contribution in [0.1, 0.15) is 24.0 Å². The zero-order valence-corrected chi connectivity index (χ0v) is 16.4. The molecule has 0 saturated carbocycles. The Labute approximate surface area is 161 Å². The highest BCUT2D eigenvalue weighted by Gasteiger charge is 2.25. The Hall–Kier alpha value is -2.18. The number of likely N-dealkylation sites (tertiary alicyclic amines) is 1. The fourth-order valence-electron chi connectivity index (χ4n) is 3.44. The van der Waals surface area contributed by atoms with Gasteiger partial charge in [0.15, 0.2) is 9.84 Å². The average Bonchev–Trinajstić information content (AvgIpc) is 2.67. The summed E-state index contributed by atoms with van der Waals surface area (Å²) in [5.74, 6) is 0.0673. The summed E-state index contributed by atoms with van der Waals surface area (Å²) in [4.78, 5) is 15.2. The van der Waals surface area contributed by atoms with Gasteiger partial charge < -0.3 is 5.32 Å². The summed E-state index contributed by atoms with van der Waals surface area (Å²) in [5.41, 5.74) is 2.16. The smallest absolute Gasteiger partial charge is 0.224 e. The van der Waals surface area contributed by atoms with E-state index in [4.69, 9.17) is 0 Å². The van der Waals surface area contributed by atoms with E-state index in [2.05, 4.69) is 22.3 Å². The van der Waals surface area contributed by atoms with E-state index in [1.165, 1.54) is 11.8 Å². The first-order chi connectivity index (χ1) is 12.9. The van der Waals surface area contributed by atoms with E-state index in [1.54, 1.807) is 24.3 Å². The largest absolute Gasteiger partial charge is 0.352 e. The molecule has 0 aliphatic carbocycles. The van der Waals surface area contributed by atoms with Crippen LogP contribution in [0.25, 0.3) is 0 Å². The summed E-state index contributed by atoms with van der Waals surface area (Å²) in [7, 11) is -3.19. The van der Waals surface area contributed by atoms with Crippen LogP contribution in [0, 0.1) is 5.92 Å². The van der Waals surface area contributed by atoms with Crippen LogP contribution in [0.2, 0.25) is 0 Å². The van der Waals surface area contributed by atoms with Crippen LogP contribution in [0.3, 0.4) is 0 Å². The molecule has 1 fully saturated rings. The highest BCUT2D eigenvalue weighted by Crippen LogP contribution is 2.19. The first-order valence-electron chi connectivity index (χ1n) is 9.25. The van der Waals surface area contributed by atoms with Crippen molar-refractivity contribution >= 4 is 15.7 Å². The molecule has 0 spiro atoms. The van der Waals surface area contributed by atoms with Crippen LogP contribution in [-0.2, 0) is 27.7 Å². The highest BCUT2D eigenvalue weighted by molar-refractivity contribution is 7.90. The number of benzene rings is 2. The second-order valence-corrected chi connectivity index (χ2v) is 9.21. The van der Waals surface area contributed by atoms with Gasteiger partial charge in [0.1, 0.15) is 0 Å². The maximum atomic E-state index is 12.6. The number of amides is 1. The van der Waals surface area contributed by atoms with Gasteiger partial charge in [-0.1, -0.05) is 42.5 Å². The van der Waals surface area contributed by atoms with Crippen LogP contribution in [0.4, 0.5) is 0 Å². The lowest BCUT2D eigenvalue weighted by Crippen LogP contribution is -2.42. The summed E-state index contributed by atoms with van der Waals surface area (Å²) in [5, 5.41) is 3.00.